The lowest BCUT2D eigenvalue weighted by Crippen LogP contribution is -2.52. The van der Waals surface area contributed by atoms with Gasteiger partial charge in [-0.05, 0) is 37.5 Å². The summed E-state index contributed by atoms with van der Waals surface area (Å²) in [6, 6.07) is 13.6. The van der Waals surface area contributed by atoms with Crippen molar-refractivity contribution in [2.75, 3.05) is 30.8 Å². The highest BCUT2D eigenvalue weighted by atomic mass is 32.2. The molecule has 0 radical (unpaired) electrons. The quantitative estimate of drug-likeness (QED) is 0.494. The number of para-hydroxylation sites is 2. The number of sulfonamides is 1. The predicted octanol–water partition coefficient (Wildman–Crippen LogP) is 3.10. The van der Waals surface area contributed by atoms with Crippen molar-refractivity contribution in [1.82, 2.24) is 10.2 Å². The Morgan fingerprint density at radius 3 is 2.38 bits per heavy atom. The van der Waals surface area contributed by atoms with E-state index in [1.165, 1.54) is 12.0 Å². The molecule has 1 N–H and O–H groups in total. The molecule has 2 amide bonds. The van der Waals surface area contributed by atoms with E-state index in [-0.39, 0.29) is 18.1 Å². The fourth-order valence-electron chi connectivity index (χ4n) is 3.72. The summed E-state index contributed by atoms with van der Waals surface area (Å²) in [5.74, 6) is -0.399. The summed E-state index contributed by atoms with van der Waals surface area (Å²) in [6.07, 6.45) is 2.20. The van der Waals surface area contributed by atoms with E-state index in [1.54, 1.807) is 24.3 Å². The maximum absolute atomic E-state index is 13.6. The summed E-state index contributed by atoms with van der Waals surface area (Å²) < 4.78 is 31.7. The van der Waals surface area contributed by atoms with Gasteiger partial charge in [-0.25, -0.2) is 8.42 Å². The van der Waals surface area contributed by atoms with Gasteiger partial charge in [0.2, 0.25) is 21.8 Å². The molecule has 0 saturated heterocycles. The molecular weight excluding hydrogens is 454 g/mol. The topological polar surface area (TPSA) is 96.0 Å². The fourth-order valence-corrected chi connectivity index (χ4v) is 4.58. The Bertz CT molecular complexity index is 1090. The second kappa shape index (κ2) is 12.4. The average Bonchev–Trinajstić information content (AvgIpc) is 2.80. The lowest BCUT2D eigenvalue weighted by molar-refractivity contribution is -0.140. The van der Waals surface area contributed by atoms with Crippen LogP contribution in [-0.4, -0.2) is 57.6 Å². The highest BCUT2D eigenvalue weighted by molar-refractivity contribution is 7.92. The molecule has 9 heteroatoms. The van der Waals surface area contributed by atoms with Gasteiger partial charge in [0.1, 0.15) is 18.3 Å². The zero-order valence-corrected chi connectivity index (χ0v) is 21.4. The van der Waals surface area contributed by atoms with E-state index in [0.717, 1.165) is 28.1 Å². The Kier molecular flexibility index (Phi) is 9.92. The van der Waals surface area contributed by atoms with Crippen molar-refractivity contribution in [2.24, 2.45) is 0 Å². The first-order valence-corrected chi connectivity index (χ1v) is 13.2. The number of nitrogens with one attached hydrogen (secondary N) is 1. The lowest BCUT2D eigenvalue weighted by Gasteiger charge is -2.33. The third kappa shape index (κ3) is 7.21. The first-order valence-electron chi connectivity index (χ1n) is 11.4. The molecule has 0 spiro atoms. The van der Waals surface area contributed by atoms with Gasteiger partial charge in [-0.1, -0.05) is 55.8 Å². The molecule has 8 nitrogen and oxygen atoms in total. The SMILES string of the molecule is CCCNC(=O)[C@@H](CC)N(Cc1cccc(C)c1)C(=O)CN(c1ccccc1OC)S(C)(=O)=O. The number of carbonyl (C=O) groups excluding carboxylic acids is 2. The van der Waals surface area contributed by atoms with E-state index in [1.807, 2.05) is 45.0 Å². The van der Waals surface area contributed by atoms with Crippen molar-refractivity contribution in [2.45, 2.75) is 46.2 Å². The Hall–Kier alpha value is -3.07. The van der Waals surface area contributed by atoms with Crippen molar-refractivity contribution in [3.63, 3.8) is 0 Å². The first kappa shape index (κ1) is 27.2. The predicted molar refractivity (Wildman–Crippen MR) is 134 cm³/mol. The molecule has 0 aliphatic rings. The van der Waals surface area contributed by atoms with Crippen LogP contribution in [-0.2, 0) is 26.2 Å². The Labute approximate surface area is 202 Å². The summed E-state index contributed by atoms with van der Waals surface area (Å²) in [5.41, 5.74) is 2.15. The van der Waals surface area contributed by atoms with Crippen LogP contribution in [0.3, 0.4) is 0 Å². The van der Waals surface area contributed by atoms with Crippen molar-refractivity contribution in [3.8, 4) is 5.75 Å². The number of carbonyl (C=O) groups is 2. The van der Waals surface area contributed by atoms with Gasteiger partial charge < -0.3 is 15.0 Å². The molecule has 2 aromatic carbocycles. The molecule has 34 heavy (non-hydrogen) atoms. The van der Waals surface area contributed by atoms with E-state index in [0.29, 0.717) is 18.7 Å². The second-order valence-corrected chi connectivity index (χ2v) is 10.1. The molecule has 0 unspecified atom stereocenters. The first-order chi connectivity index (χ1) is 16.1. The van der Waals surface area contributed by atoms with E-state index in [9.17, 15) is 18.0 Å². The van der Waals surface area contributed by atoms with Gasteiger partial charge in [0, 0.05) is 13.1 Å². The lowest BCUT2D eigenvalue weighted by atomic mass is 10.1. The molecule has 0 fully saturated rings. The van der Waals surface area contributed by atoms with Gasteiger partial charge in [0.25, 0.3) is 0 Å². The minimum atomic E-state index is -3.82. The molecule has 1 atom stereocenters. The number of hydrogen-bond donors (Lipinski definition) is 1. The number of amides is 2. The number of benzene rings is 2. The van der Waals surface area contributed by atoms with Crippen molar-refractivity contribution in [3.05, 3.63) is 59.7 Å². The molecule has 0 heterocycles. The summed E-state index contributed by atoms with van der Waals surface area (Å²) in [4.78, 5) is 28.0. The highest BCUT2D eigenvalue weighted by Gasteiger charge is 2.32. The number of ether oxygens (including phenoxy) is 1. The zero-order valence-electron chi connectivity index (χ0n) is 20.6. The van der Waals surface area contributed by atoms with Crippen LogP contribution < -0.4 is 14.4 Å². The molecule has 0 bridgehead atoms. The summed E-state index contributed by atoms with van der Waals surface area (Å²) in [7, 11) is -2.38. The number of rotatable bonds is 12. The van der Waals surface area contributed by atoms with Crippen molar-refractivity contribution >= 4 is 27.5 Å². The summed E-state index contributed by atoms with van der Waals surface area (Å²) in [6.45, 7) is 5.96. The molecule has 2 aromatic rings. The highest BCUT2D eigenvalue weighted by Crippen LogP contribution is 2.29. The molecule has 2 rings (SSSR count). The van der Waals surface area contributed by atoms with Crippen molar-refractivity contribution in [1.29, 1.82) is 0 Å². The van der Waals surface area contributed by atoms with Gasteiger partial charge in [0.05, 0.1) is 19.1 Å². The smallest absolute Gasteiger partial charge is 0.244 e. The van der Waals surface area contributed by atoms with Gasteiger partial charge in [-0.15, -0.1) is 0 Å². The van der Waals surface area contributed by atoms with Crippen molar-refractivity contribution < 1.29 is 22.7 Å². The minimum absolute atomic E-state index is 0.183. The number of hydrogen-bond acceptors (Lipinski definition) is 5. The molecule has 0 aromatic heterocycles. The third-order valence-corrected chi connectivity index (χ3v) is 6.53. The van der Waals surface area contributed by atoms with Crippen LogP contribution in [0.15, 0.2) is 48.5 Å². The van der Waals surface area contributed by atoms with Crippen LogP contribution in [0.2, 0.25) is 0 Å². The van der Waals surface area contributed by atoms with E-state index in [4.69, 9.17) is 4.74 Å². The largest absolute Gasteiger partial charge is 0.495 e. The van der Waals surface area contributed by atoms with Gasteiger partial charge in [-0.3, -0.25) is 13.9 Å². The number of anilines is 1. The Morgan fingerprint density at radius 2 is 1.79 bits per heavy atom. The van der Waals surface area contributed by atoms with Crippen LogP contribution in [0.5, 0.6) is 5.75 Å². The summed E-state index contributed by atoms with van der Waals surface area (Å²) in [5, 5.41) is 2.86. The zero-order chi connectivity index (χ0) is 25.3. The van der Waals surface area contributed by atoms with Crippen LogP contribution in [0.25, 0.3) is 0 Å². The van der Waals surface area contributed by atoms with Gasteiger partial charge in [-0.2, -0.15) is 0 Å². The number of methoxy groups -OCH3 is 1. The monoisotopic (exact) mass is 489 g/mol. The number of aryl methyl sites for hydroxylation is 1. The average molecular weight is 490 g/mol. The van der Waals surface area contributed by atoms with Gasteiger partial charge >= 0.3 is 0 Å². The van der Waals surface area contributed by atoms with Gasteiger partial charge in [0.15, 0.2) is 0 Å². The molecule has 186 valence electrons. The Morgan fingerprint density at radius 1 is 1.09 bits per heavy atom. The van der Waals surface area contributed by atoms with E-state index < -0.39 is 28.5 Å². The van der Waals surface area contributed by atoms with Crippen LogP contribution in [0.4, 0.5) is 5.69 Å². The van der Waals surface area contributed by atoms with Crippen LogP contribution >= 0.6 is 0 Å². The Balaban J connectivity index is 2.46. The fraction of sp³-hybridized carbons (Fsp3) is 0.440. The molecule has 0 aliphatic heterocycles. The normalized spacial score (nSPS) is 12.0. The van der Waals surface area contributed by atoms with Crippen LogP contribution in [0.1, 0.15) is 37.8 Å². The standard InChI is InChI=1S/C25H35N3O5S/c1-6-15-26-25(30)21(7-2)27(17-20-12-10-11-19(3)16-20)24(29)18-28(34(5,31)32)22-13-8-9-14-23(22)33-4/h8-14,16,21H,6-7,15,17-18H2,1-5H3,(H,26,30)/t21-/m1/s1. The minimum Gasteiger partial charge on any atom is -0.495 e. The maximum atomic E-state index is 13.6. The third-order valence-electron chi connectivity index (χ3n) is 5.40. The summed E-state index contributed by atoms with van der Waals surface area (Å²) >= 11 is 0. The second-order valence-electron chi connectivity index (χ2n) is 8.17. The van der Waals surface area contributed by atoms with E-state index >= 15 is 0 Å². The molecule has 0 saturated carbocycles. The molecular formula is C25H35N3O5S. The van der Waals surface area contributed by atoms with Crippen LogP contribution in [0, 0.1) is 6.92 Å². The number of nitrogens with zero attached hydrogens (tertiary/aromatic N) is 2. The van der Waals surface area contributed by atoms with E-state index in [2.05, 4.69) is 5.32 Å². The molecule has 0 aliphatic carbocycles. The maximum Gasteiger partial charge on any atom is 0.244 e.